The lowest BCUT2D eigenvalue weighted by atomic mass is 9.98. The second kappa shape index (κ2) is 6.28. The fraction of sp³-hybridized carbons (Fsp3) is 0.412. The molecule has 1 atom stereocenters. The van der Waals surface area contributed by atoms with E-state index in [0.717, 1.165) is 28.8 Å². The van der Waals surface area contributed by atoms with Gasteiger partial charge in [-0.15, -0.1) is 0 Å². The number of para-hydroxylation sites is 1. The first-order valence-electron chi connectivity index (χ1n) is 7.74. The number of nitrogens with one attached hydrogen (secondary N) is 1. The standard InChI is InChI=1S/C17H20N2O3S/c1-2-19-10-12(13-5-3-4-6-14(13)19)9-15(20)18-17(16(21)22)7-8-23-11-17/h3-6,10H,2,7-9,11H2,1H3,(H,18,20)(H,21,22). The van der Waals surface area contributed by atoms with E-state index in [1.54, 1.807) is 11.8 Å². The van der Waals surface area contributed by atoms with Crippen molar-refractivity contribution < 1.29 is 14.7 Å². The summed E-state index contributed by atoms with van der Waals surface area (Å²) in [4.78, 5) is 24.0. The largest absolute Gasteiger partial charge is 0.479 e. The van der Waals surface area contributed by atoms with Crippen LogP contribution in [0.3, 0.4) is 0 Å². The molecule has 0 bridgehead atoms. The fourth-order valence-electron chi connectivity index (χ4n) is 3.10. The van der Waals surface area contributed by atoms with Crippen molar-refractivity contribution >= 4 is 34.5 Å². The van der Waals surface area contributed by atoms with Crippen molar-refractivity contribution in [3.63, 3.8) is 0 Å². The Hall–Kier alpha value is -1.95. The predicted molar refractivity (Wildman–Crippen MR) is 91.8 cm³/mol. The van der Waals surface area contributed by atoms with Crippen LogP contribution in [0.2, 0.25) is 0 Å². The third kappa shape index (κ3) is 2.95. The molecule has 0 radical (unpaired) electrons. The van der Waals surface area contributed by atoms with Crippen molar-refractivity contribution in [3.8, 4) is 0 Å². The van der Waals surface area contributed by atoms with E-state index in [2.05, 4.69) is 16.8 Å². The molecule has 122 valence electrons. The molecular weight excluding hydrogens is 312 g/mol. The van der Waals surface area contributed by atoms with Crippen LogP contribution in [-0.4, -0.2) is 38.6 Å². The summed E-state index contributed by atoms with van der Waals surface area (Å²) in [6.07, 6.45) is 2.67. The number of benzene rings is 1. The van der Waals surface area contributed by atoms with Gasteiger partial charge < -0.3 is 15.0 Å². The summed E-state index contributed by atoms with van der Waals surface area (Å²) < 4.78 is 2.11. The third-order valence-corrected chi connectivity index (χ3v) is 5.56. The Kier molecular flexibility index (Phi) is 4.35. The maximum Gasteiger partial charge on any atom is 0.330 e. The first-order chi connectivity index (χ1) is 11.1. The molecule has 1 aliphatic heterocycles. The number of hydrogen-bond acceptors (Lipinski definition) is 3. The molecule has 2 aromatic rings. The molecule has 1 fully saturated rings. The van der Waals surface area contributed by atoms with E-state index in [1.807, 2.05) is 30.5 Å². The highest BCUT2D eigenvalue weighted by Crippen LogP contribution is 2.29. The maximum atomic E-state index is 12.4. The predicted octanol–water partition coefficient (Wildman–Crippen LogP) is 2.28. The van der Waals surface area contributed by atoms with E-state index >= 15 is 0 Å². The van der Waals surface area contributed by atoms with Crippen LogP contribution < -0.4 is 5.32 Å². The van der Waals surface area contributed by atoms with Crippen LogP contribution in [-0.2, 0) is 22.6 Å². The van der Waals surface area contributed by atoms with Crippen LogP contribution >= 0.6 is 11.8 Å². The van der Waals surface area contributed by atoms with Gasteiger partial charge in [0.2, 0.25) is 5.91 Å². The van der Waals surface area contributed by atoms with Crippen LogP contribution in [0.25, 0.3) is 10.9 Å². The number of rotatable bonds is 5. The van der Waals surface area contributed by atoms with E-state index in [9.17, 15) is 14.7 Å². The van der Waals surface area contributed by atoms with Crippen molar-refractivity contribution in [1.82, 2.24) is 9.88 Å². The van der Waals surface area contributed by atoms with Crippen LogP contribution in [0.1, 0.15) is 18.9 Å². The highest BCUT2D eigenvalue weighted by molar-refractivity contribution is 7.99. The second-order valence-corrected chi connectivity index (χ2v) is 6.98. The smallest absolute Gasteiger partial charge is 0.330 e. The normalized spacial score (nSPS) is 20.7. The summed E-state index contributed by atoms with van der Waals surface area (Å²) in [6.45, 7) is 2.89. The number of thioether (sulfide) groups is 1. The van der Waals surface area contributed by atoms with Crippen molar-refractivity contribution in [3.05, 3.63) is 36.0 Å². The molecule has 1 saturated heterocycles. The summed E-state index contributed by atoms with van der Waals surface area (Å²) in [5, 5.41) is 13.3. The molecule has 0 saturated carbocycles. The molecule has 23 heavy (non-hydrogen) atoms. The quantitative estimate of drug-likeness (QED) is 0.881. The molecule has 1 aromatic carbocycles. The van der Waals surface area contributed by atoms with Gasteiger partial charge in [0, 0.05) is 29.4 Å². The molecule has 2 heterocycles. The van der Waals surface area contributed by atoms with Gasteiger partial charge in [-0.2, -0.15) is 11.8 Å². The van der Waals surface area contributed by atoms with Gasteiger partial charge >= 0.3 is 5.97 Å². The number of hydrogen-bond donors (Lipinski definition) is 2. The number of amides is 1. The first-order valence-corrected chi connectivity index (χ1v) is 8.90. The number of carboxylic acid groups (broad SMARTS) is 1. The minimum atomic E-state index is -1.11. The van der Waals surface area contributed by atoms with Crippen LogP contribution in [0.4, 0.5) is 0 Å². The van der Waals surface area contributed by atoms with Crippen LogP contribution in [0.5, 0.6) is 0 Å². The average Bonchev–Trinajstić information content (AvgIpc) is 3.13. The second-order valence-electron chi connectivity index (χ2n) is 5.87. The first kappa shape index (κ1) is 15.9. The third-order valence-electron chi connectivity index (χ3n) is 4.37. The molecule has 5 nitrogen and oxygen atoms in total. The molecule has 1 aliphatic rings. The molecule has 2 N–H and O–H groups in total. The lowest BCUT2D eigenvalue weighted by molar-refractivity contribution is -0.146. The van der Waals surface area contributed by atoms with E-state index in [1.165, 1.54) is 0 Å². The van der Waals surface area contributed by atoms with Gasteiger partial charge in [0.05, 0.1) is 6.42 Å². The molecule has 0 spiro atoms. The number of aryl methyl sites for hydroxylation is 1. The fourth-order valence-corrected chi connectivity index (χ4v) is 4.42. The minimum absolute atomic E-state index is 0.202. The number of fused-ring (bicyclic) bond motifs is 1. The average molecular weight is 332 g/mol. The zero-order valence-electron chi connectivity index (χ0n) is 13.0. The molecular formula is C17H20N2O3S. The summed E-state index contributed by atoms with van der Waals surface area (Å²) >= 11 is 1.57. The number of aromatic nitrogens is 1. The SMILES string of the molecule is CCn1cc(CC(=O)NC2(C(=O)O)CCSC2)c2ccccc21. The Labute approximate surface area is 139 Å². The molecule has 1 amide bonds. The Balaban J connectivity index is 1.82. The van der Waals surface area contributed by atoms with Gasteiger partial charge in [0.15, 0.2) is 0 Å². The van der Waals surface area contributed by atoms with Gasteiger partial charge in [0.1, 0.15) is 5.54 Å². The van der Waals surface area contributed by atoms with Crippen molar-refractivity contribution in [2.24, 2.45) is 0 Å². The van der Waals surface area contributed by atoms with Crippen molar-refractivity contribution in [1.29, 1.82) is 0 Å². The Bertz CT molecular complexity index is 747. The highest BCUT2D eigenvalue weighted by atomic mass is 32.2. The van der Waals surface area contributed by atoms with E-state index in [0.29, 0.717) is 12.2 Å². The Morgan fingerprint density at radius 3 is 2.83 bits per heavy atom. The van der Waals surface area contributed by atoms with Crippen molar-refractivity contribution in [2.45, 2.75) is 31.8 Å². The van der Waals surface area contributed by atoms with Gasteiger partial charge in [-0.1, -0.05) is 18.2 Å². The van der Waals surface area contributed by atoms with Crippen LogP contribution in [0, 0.1) is 0 Å². The summed E-state index contributed by atoms with van der Waals surface area (Å²) in [5.74, 6) is 0.0349. The summed E-state index contributed by atoms with van der Waals surface area (Å²) in [6, 6.07) is 7.97. The van der Waals surface area contributed by atoms with Gasteiger partial charge in [-0.3, -0.25) is 4.79 Å². The Morgan fingerprint density at radius 2 is 2.17 bits per heavy atom. The number of aliphatic carboxylic acids is 1. The molecule has 6 heteroatoms. The van der Waals surface area contributed by atoms with Gasteiger partial charge in [-0.25, -0.2) is 4.79 Å². The van der Waals surface area contributed by atoms with E-state index in [-0.39, 0.29) is 12.3 Å². The lowest BCUT2D eigenvalue weighted by Gasteiger charge is -2.24. The van der Waals surface area contributed by atoms with E-state index in [4.69, 9.17) is 0 Å². The molecule has 1 unspecified atom stereocenters. The minimum Gasteiger partial charge on any atom is -0.479 e. The van der Waals surface area contributed by atoms with Gasteiger partial charge in [0.25, 0.3) is 0 Å². The summed E-state index contributed by atoms with van der Waals surface area (Å²) in [7, 11) is 0. The van der Waals surface area contributed by atoms with Gasteiger partial charge in [-0.05, 0) is 30.7 Å². The Morgan fingerprint density at radius 1 is 1.39 bits per heavy atom. The molecule has 1 aromatic heterocycles. The monoisotopic (exact) mass is 332 g/mol. The maximum absolute atomic E-state index is 12.4. The molecule has 3 rings (SSSR count). The molecule has 0 aliphatic carbocycles. The van der Waals surface area contributed by atoms with E-state index < -0.39 is 11.5 Å². The number of carbonyl (C=O) groups excluding carboxylic acids is 1. The number of carbonyl (C=O) groups is 2. The zero-order valence-corrected chi connectivity index (χ0v) is 13.9. The number of carboxylic acids is 1. The highest BCUT2D eigenvalue weighted by Gasteiger charge is 2.43. The lowest BCUT2D eigenvalue weighted by Crippen LogP contribution is -2.55. The topological polar surface area (TPSA) is 71.3 Å². The number of nitrogens with zero attached hydrogens (tertiary/aromatic N) is 1. The zero-order chi connectivity index (χ0) is 16.4. The summed E-state index contributed by atoms with van der Waals surface area (Å²) in [5.41, 5.74) is 0.929. The van der Waals surface area contributed by atoms with Crippen LogP contribution in [0.15, 0.2) is 30.5 Å². The van der Waals surface area contributed by atoms with Crippen molar-refractivity contribution in [2.75, 3.05) is 11.5 Å².